The van der Waals surface area contributed by atoms with Crippen molar-refractivity contribution >= 4 is 17.0 Å². The van der Waals surface area contributed by atoms with Crippen LogP contribution in [0.3, 0.4) is 0 Å². The van der Waals surface area contributed by atoms with Crippen molar-refractivity contribution in [3.63, 3.8) is 0 Å². The SMILES string of the molecule is CCCNCc1c(F)cccc1N(C)Cc1cscn1. The van der Waals surface area contributed by atoms with Crippen LogP contribution in [0.15, 0.2) is 29.1 Å². The average Bonchev–Trinajstić information content (AvgIpc) is 2.93. The molecule has 2 rings (SSSR count). The lowest BCUT2D eigenvalue weighted by molar-refractivity contribution is 0.585. The van der Waals surface area contributed by atoms with E-state index >= 15 is 0 Å². The lowest BCUT2D eigenvalue weighted by atomic mass is 10.1. The first kappa shape index (κ1) is 14.9. The minimum absolute atomic E-state index is 0.156. The Bertz CT molecular complexity index is 528. The second kappa shape index (κ2) is 7.36. The first-order valence-corrected chi connectivity index (χ1v) is 7.73. The maximum atomic E-state index is 14.0. The quantitative estimate of drug-likeness (QED) is 0.793. The molecule has 1 heterocycles. The van der Waals surface area contributed by atoms with Crippen LogP contribution in [-0.2, 0) is 13.1 Å². The third kappa shape index (κ3) is 3.77. The number of nitrogens with zero attached hydrogens (tertiary/aromatic N) is 2. The summed E-state index contributed by atoms with van der Waals surface area (Å²) in [6.07, 6.45) is 1.04. The Kier molecular flexibility index (Phi) is 5.49. The lowest BCUT2D eigenvalue weighted by Crippen LogP contribution is -2.22. The first-order valence-electron chi connectivity index (χ1n) is 6.78. The molecule has 2 aromatic rings. The standard InChI is InChI=1S/C15H20FN3S/c1-3-7-17-8-13-14(16)5-4-6-15(13)19(2)9-12-10-20-11-18-12/h4-6,10-11,17H,3,7-9H2,1-2H3. The number of hydrogen-bond acceptors (Lipinski definition) is 4. The average molecular weight is 293 g/mol. The molecule has 20 heavy (non-hydrogen) atoms. The lowest BCUT2D eigenvalue weighted by Gasteiger charge is -2.22. The maximum Gasteiger partial charge on any atom is 0.129 e. The molecule has 0 aliphatic rings. The van der Waals surface area contributed by atoms with E-state index in [1.54, 1.807) is 17.4 Å². The van der Waals surface area contributed by atoms with Gasteiger partial charge >= 0.3 is 0 Å². The van der Waals surface area contributed by atoms with Crippen molar-refractivity contribution in [2.45, 2.75) is 26.4 Å². The number of benzene rings is 1. The van der Waals surface area contributed by atoms with Crippen molar-refractivity contribution in [1.29, 1.82) is 0 Å². The van der Waals surface area contributed by atoms with Crippen molar-refractivity contribution in [2.75, 3.05) is 18.5 Å². The van der Waals surface area contributed by atoms with Gasteiger partial charge in [-0.25, -0.2) is 9.37 Å². The first-order chi connectivity index (χ1) is 9.72. The minimum Gasteiger partial charge on any atom is -0.368 e. The number of halogens is 1. The van der Waals surface area contributed by atoms with Gasteiger partial charge in [-0.2, -0.15) is 0 Å². The van der Waals surface area contributed by atoms with Crippen molar-refractivity contribution in [2.24, 2.45) is 0 Å². The number of hydrogen-bond donors (Lipinski definition) is 1. The van der Waals surface area contributed by atoms with Gasteiger partial charge in [0.05, 0.1) is 17.7 Å². The third-order valence-corrected chi connectivity index (χ3v) is 3.75. The van der Waals surface area contributed by atoms with Gasteiger partial charge in [0.15, 0.2) is 0 Å². The molecule has 0 aliphatic heterocycles. The molecule has 3 nitrogen and oxygen atoms in total. The normalized spacial score (nSPS) is 10.8. The number of anilines is 1. The van der Waals surface area contributed by atoms with Crippen molar-refractivity contribution in [3.8, 4) is 0 Å². The Morgan fingerprint density at radius 3 is 2.95 bits per heavy atom. The second-order valence-corrected chi connectivity index (χ2v) is 5.47. The largest absolute Gasteiger partial charge is 0.368 e. The number of nitrogens with one attached hydrogen (secondary N) is 1. The molecule has 1 aromatic carbocycles. The summed E-state index contributed by atoms with van der Waals surface area (Å²) in [4.78, 5) is 6.32. The van der Waals surface area contributed by atoms with Crippen LogP contribution in [-0.4, -0.2) is 18.6 Å². The zero-order valence-corrected chi connectivity index (χ0v) is 12.7. The number of aromatic nitrogens is 1. The highest BCUT2D eigenvalue weighted by molar-refractivity contribution is 7.07. The minimum atomic E-state index is -0.156. The van der Waals surface area contributed by atoms with E-state index in [1.807, 2.05) is 28.9 Å². The Hall–Kier alpha value is -1.46. The molecular formula is C15H20FN3S. The van der Waals surface area contributed by atoms with Gasteiger partial charge in [-0.05, 0) is 25.1 Å². The zero-order chi connectivity index (χ0) is 14.4. The Morgan fingerprint density at radius 2 is 2.25 bits per heavy atom. The number of rotatable bonds is 7. The number of thiazole rings is 1. The molecule has 0 aliphatic carbocycles. The summed E-state index contributed by atoms with van der Waals surface area (Å²) in [6.45, 7) is 4.23. The van der Waals surface area contributed by atoms with Crippen LogP contribution in [0.4, 0.5) is 10.1 Å². The van der Waals surface area contributed by atoms with Crippen molar-refractivity contribution < 1.29 is 4.39 Å². The molecule has 0 spiro atoms. The third-order valence-electron chi connectivity index (χ3n) is 3.12. The molecule has 0 bridgehead atoms. The van der Waals surface area contributed by atoms with E-state index in [9.17, 15) is 4.39 Å². The molecule has 0 fully saturated rings. The molecule has 0 saturated heterocycles. The van der Waals surface area contributed by atoms with Crippen LogP contribution in [0.5, 0.6) is 0 Å². The Labute approximate surface area is 123 Å². The summed E-state index contributed by atoms with van der Waals surface area (Å²) in [5, 5.41) is 5.28. The molecule has 108 valence electrons. The fourth-order valence-corrected chi connectivity index (χ4v) is 2.66. The van der Waals surface area contributed by atoms with Gasteiger partial charge in [0, 0.05) is 30.2 Å². The summed E-state index contributed by atoms with van der Waals surface area (Å²) in [5.41, 5.74) is 4.47. The summed E-state index contributed by atoms with van der Waals surface area (Å²) >= 11 is 1.58. The molecule has 0 atom stereocenters. The van der Waals surface area contributed by atoms with Crippen LogP contribution in [0.1, 0.15) is 24.6 Å². The molecule has 5 heteroatoms. The molecular weight excluding hydrogens is 273 g/mol. The van der Waals surface area contributed by atoms with Crippen molar-refractivity contribution in [1.82, 2.24) is 10.3 Å². The smallest absolute Gasteiger partial charge is 0.129 e. The highest BCUT2D eigenvalue weighted by atomic mass is 32.1. The topological polar surface area (TPSA) is 28.2 Å². The van der Waals surface area contributed by atoms with Crippen molar-refractivity contribution in [3.05, 3.63) is 46.2 Å². The van der Waals surface area contributed by atoms with Gasteiger partial charge < -0.3 is 10.2 Å². The molecule has 1 N–H and O–H groups in total. The molecule has 0 saturated carbocycles. The summed E-state index contributed by atoms with van der Waals surface area (Å²) in [5.74, 6) is -0.156. The summed E-state index contributed by atoms with van der Waals surface area (Å²) in [6, 6.07) is 5.23. The van der Waals surface area contributed by atoms with Gasteiger partial charge in [-0.3, -0.25) is 0 Å². The van der Waals surface area contributed by atoms with E-state index in [0.717, 1.165) is 29.9 Å². The van der Waals surface area contributed by atoms with Gasteiger partial charge in [-0.15, -0.1) is 11.3 Å². The maximum absolute atomic E-state index is 14.0. The fourth-order valence-electron chi connectivity index (χ4n) is 2.11. The van der Waals surface area contributed by atoms with E-state index < -0.39 is 0 Å². The second-order valence-electron chi connectivity index (χ2n) is 4.75. The fraction of sp³-hybridized carbons (Fsp3) is 0.400. The molecule has 0 unspecified atom stereocenters. The van der Waals surface area contributed by atoms with Gasteiger partial charge in [0.25, 0.3) is 0 Å². The predicted octanol–water partition coefficient (Wildman–Crippen LogP) is 3.42. The van der Waals surface area contributed by atoms with E-state index in [1.165, 1.54) is 6.07 Å². The Morgan fingerprint density at radius 1 is 1.40 bits per heavy atom. The highest BCUT2D eigenvalue weighted by Gasteiger charge is 2.12. The van der Waals surface area contributed by atoms with Crippen LogP contribution < -0.4 is 10.2 Å². The van der Waals surface area contributed by atoms with Crippen LogP contribution in [0, 0.1) is 5.82 Å². The van der Waals surface area contributed by atoms with Gasteiger partial charge in [0.1, 0.15) is 5.82 Å². The predicted molar refractivity (Wildman–Crippen MR) is 82.6 cm³/mol. The van der Waals surface area contributed by atoms with Crippen LogP contribution in [0.2, 0.25) is 0 Å². The zero-order valence-electron chi connectivity index (χ0n) is 11.9. The molecule has 1 aromatic heterocycles. The van der Waals surface area contributed by atoms with E-state index in [0.29, 0.717) is 13.1 Å². The Balaban J connectivity index is 2.14. The van der Waals surface area contributed by atoms with Crippen LogP contribution in [0.25, 0.3) is 0 Å². The van der Waals surface area contributed by atoms with E-state index in [-0.39, 0.29) is 5.82 Å². The summed E-state index contributed by atoms with van der Waals surface area (Å²) in [7, 11) is 1.97. The van der Waals surface area contributed by atoms with E-state index in [4.69, 9.17) is 0 Å². The molecule has 0 radical (unpaired) electrons. The highest BCUT2D eigenvalue weighted by Crippen LogP contribution is 2.23. The van der Waals surface area contributed by atoms with Crippen LogP contribution >= 0.6 is 11.3 Å². The summed E-state index contributed by atoms with van der Waals surface area (Å²) < 4.78 is 14.0. The molecule has 0 amide bonds. The van der Waals surface area contributed by atoms with Gasteiger partial charge in [0.2, 0.25) is 0 Å². The monoisotopic (exact) mass is 293 g/mol. The van der Waals surface area contributed by atoms with Gasteiger partial charge in [-0.1, -0.05) is 13.0 Å². The van der Waals surface area contributed by atoms with E-state index in [2.05, 4.69) is 17.2 Å².